The zero-order valence-corrected chi connectivity index (χ0v) is 12.3. The molecular weight excluding hydrogens is 305 g/mol. The van der Waals surface area contributed by atoms with E-state index in [1.54, 1.807) is 24.3 Å². The van der Waals surface area contributed by atoms with Gasteiger partial charge in [0.15, 0.2) is 0 Å². The van der Waals surface area contributed by atoms with Crippen molar-refractivity contribution >= 4 is 5.91 Å². The summed E-state index contributed by atoms with van der Waals surface area (Å²) in [5, 5.41) is 0. The average Bonchev–Trinajstić information content (AvgIpc) is 3.37. The van der Waals surface area contributed by atoms with E-state index in [-0.39, 0.29) is 29.8 Å². The highest BCUT2D eigenvalue weighted by Crippen LogP contribution is 2.35. The Balaban J connectivity index is 1.89. The highest BCUT2D eigenvalue weighted by Gasteiger charge is 2.37. The Bertz CT molecular complexity index is 696. The Hall–Kier alpha value is -2.37. The lowest BCUT2D eigenvalue weighted by Crippen LogP contribution is -2.33. The summed E-state index contributed by atoms with van der Waals surface area (Å²) >= 11 is 0. The van der Waals surface area contributed by atoms with Crippen molar-refractivity contribution in [2.45, 2.75) is 31.6 Å². The molecule has 0 N–H and O–H groups in total. The van der Waals surface area contributed by atoms with Crippen LogP contribution in [-0.2, 0) is 12.7 Å². The monoisotopic (exact) mass is 320 g/mol. The molecule has 1 amide bonds. The SMILES string of the molecule is O=C(c1ccccn1)N(Cc1ccccc1C(F)(F)F)C1CC1. The Morgan fingerprint density at radius 2 is 1.83 bits per heavy atom. The standard InChI is InChI=1S/C17H15F3N2O/c18-17(19,20)14-6-2-1-5-12(14)11-22(13-8-9-13)16(23)15-7-3-4-10-21-15/h1-7,10,13H,8-9,11H2. The molecule has 2 aromatic rings. The maximum absolute atomic E-state index is 13.1. The van der Waals surface area contributed by atoms with Crippen LogP contribution < -0.4 is 0 Å². The van der Waals surface area contributed by atoms with Gasteiger partial charge in [0.05, 0.1) is 5.56 Å². The van der Waals surface area contributed by atoms with Crippen LogP contribution in [0.25, 0.3) is 0 Å². The quantitative estimate of drug-likeness (QED) is 0.856. The van der Waals surface area contributed by atoms with Gasteiger partial charge in [-0.25, -0.2) is 0 Å². The van der Waals surface area contributed by atoms with E-state index in [1.165, 1.54) is 23.2 Å². The smallest absolute Gasteiger partial charge is 0.330 e. The molecule has 23 heavy (non-hydrogen) atoms. The number of hydrogen-bond acceptors (Lipinski definition) is 2. The van der Waals surface area contributed by atoms with Crippen molar-refractivity contribution in [2.75, 3.05) is 0 Å². The molecule has 1 saturated carbocycles. The van der Waals surface area contributed by atoms with Crippen LogP contribution >= 0.6 is 0 Å². The fourth-order valence-electron chi connectivity index (χ4n) is 2.51. The average molecular weight is 320 g/mol. The molecule has 0 spiro atoms. The number of carbonyl (C=O) groups excluding carboxylic acids is 1. The second-order valence-electron chi connectivity index (χ2n) is 5.53. The number of carbonyl (C=O) groups is 1. The number of benzene rings is 1. The van der Waals surface area contributed by atoms with Gasteiger partial charge in [0.2, 0.25) is 0 Å². The lowest BCUT2D eigenvalue weighted by Gasteiger charge is -2.24. The normalized spacial score (nSPS) is 14.6. The number of amides is 1. The van der Waals surface area contributed by atoms with Gasteiger partial charge in [-0.2, -0.15) is 13.2 Å². The van der Waals surface area contributed by atoms with E-state index in [4.69, 9.17) is 0 Å². The summed E-state index contributed by atoms with van der Waals surface area (Å²) in [6, 6.07) is 10.3. The van der Waals surface area contributed by atoms with Crippen LogP contribution in [0.4, 0.5) is 13.2 Å². The van der Waals surface area contributed by atoms with Crippen LogP contribution in [0, 0.1) is 0 Å². The molecule has 0 atom stereocenters. The second-order valence-corrected chi connectivity index (χ2v) is 5.53. The van der Waals surface area contributed by atoms with Crippen LogP contribution in [0.5, 0.6) is 0 Å². The van der Waals surface area contributed by atoms with Crippen LogP contribution in [0.2, 0.25) is 0 Å². The third kappa shape index (κ3) is 3.52. The summed E-state index contributed by atoms with van der Waals surface area (Å²) in [6.45, 7) is -0.0598. The van der Waals surface area contributed by atoms with E-state index in [9.17, 15) is 18.0 Å². The zero-order chi connectivity index (χ0) is 16.4. The van der Waals surface area contributed by atoms with Crippen LogP contribution in [0.15, 0.2) is 48.7 Å². The second kappa shape index (κ2) is 6.02. The fraction of sp³-hybridized carbons (Fsp3) is 0.294. The summed E-state index contributed by atoms with van der Waals surface area (Å²) in [5.41, 5.74) is -0.334. The maximum atomic E-state index is 13.1. The van der Waals surface area contributed by atoms with Gasteiger partial charge in [0, 0.05) is 18.8 Å². The summed E-state index contributed by atoms with van der Waals surface area (Å²) in [7, 11) is 0. The van der Waals surface area contributed by atoms with Gasteiger partial charge in [0.1, 0.15) is 5.69 Å². The summed E-state index contributed by atoms with van der Waals surface area (Å²) in [5.74, 6) is -0.329. The van der Waals surface area contributed by atoms with Crippen molar-refractivity contribution in [1.82, 2.24) is 9.88 Å². The van der Waals surface area contributed by atoms with Gasteiger partial charge in [-0.1, -0.05) is 24.3 Å². The molecule has 1 aliphatic carbocycles. The van der Waals surface area contributed by atoms with Crippen LogP contribution in [0.3, 0.4) is 0 Å². The number of alkyl halides is 3. The van der Waals surface area contributed by atoms with Crippen molar-refractivity contribution in [3.05, 3.63) is 65.5 Å². The first kappa shape index (κ1) is 15.5. The molecule has 1 aromatic carbocycles. The molecule has 6 heteroatoms. The first-order chi connectivity index (χ1) is 11.0. The molecule has 3 rings (SSSR count). The van der Waals surface area contributed by atoms with E-state index in [0.717, 1.165) is 18.9 Å². The predicted octanol–water partition coefficient (Wildman–Crippen LogP) is 3.91. The van der Waals surface area contributed by atoms with E-state index in [2.05, 4.69) is 4.98 Å². The molecule has 1 fully saturated rings. The van der Waals surface area contributed by atoms with Gasteiger partial charge >= 0.3 is 6.18 Å². The number of pyridine rings is 1. The van der Waals surface area contributed by atoms with Crippen LogP contribution in [-0.4, -0.2) is 21.8 Å². The summed E-state index contributed by atoms with van der Waals surface area (Å²) in [6.07, 6.45) is -1.30. The molecule has 0 radical (unpaired) electrons. The molecule has 1 aliphatic rings. The molecule has 120 valence electrons. The number of hydrogen-bond donors (Lipinski definition) is 0. The lowest BCUT2D eigenvalue weighted by molar-refractivity contribution is -0.138. The molecule has 0 saturated heterocycles. The Labute approximate surface area is 131 Å². The first-order valence-corrected chi connectivity index (χ1v) is 7.34. The van der Waals surface area contributed by atoms with Crippen LogP contribution in [0.1, 0.15) is 34.5 Å². The van der Waals surface area contributed by atoms with Crippen molar-refractivity contribution in [3.8, 4) is 0 Å². The predicted molar refractivity (Wildman–Crippen MR) is 78.6 cm³/mol. The Morgan fingerprint density at radius 1 is 1.13 bits per heavy atom. The van der Waals surface area contributed by atoms with E-state index >= 15 is 0 Å². The molecule has 0 aliphatic heterocycles. The minimum atomic E-state index is -4.43. The fourth-order valence-corrected chi connectivity index (χ4v) is 2.51. The van der Waals surface area contributed by atoms with E-state index < -0.39 is 11.7 Å². The van der Waals surface area contributed by atoms with Crippen molar-refractivity contribution in [1.29, 1.82) is 0 Å². The van der Waals surface area contributed by atoms with Gasteiger partial charge in [-0.15, -0.1) is 0 Å². The molecule has 0 unspecified atom stereocenters. The molecule has 1 heterocycles. The number of nitrogens with zero attached hydrogens (tertiary/aromatic N) is 2. The Kier molecular flexibility index (Phi) is 4.07. The number of aromatic nitrogens is 1. The van der Waals surface area contributed by atoms with E-state index in [1.807, 2.05) is 0 Å². The van der Waals surface area contributed by atoms with Gasteiger partial charge in [0.25, 0.3) is 5.91 Å². The van der Waals surface area contributed by atoms with E-state index in [0.29, 0.717) is 0 Å². The topological polar surface area (TPSA) is 33.2 Å². The van der Waals surface area contributed by atoms with Gasteiger partial charge < -0.3 is 4.90 Å². The van der Waals surface area contributed by atoms with Crippen molar-refractivity contribution < 1.29 is 18.0 Å². The largest absolute Gasteiger partial charge is 0.416 e. The number of halogens is 3. The highest BCUT2D eigenvalue weighted by atomic mass is 19.4. The summed E-state index contributed by atoms with van der Waals surface area (Å²) < 4.78 is 39.4. The molecule has 0 bridgehead atoms. The maximum Gasteiger partial charge on any atom is 0.416 e. The number of rotatable bonds is 4. The van der Waals surface area contributed by atoms with Crippen molar-refractivity contribution in [2.24, 2.45) is 0 Å². The zero-order valence-electron chi connectivity index (χ0n) is 12.3. The third-order valence-corrected chi connectivity index (χ3v) is 3.80. The molecule has 1 aromatic heterocycles. The lowest BCUT2D eigenvalue weighted by atomic mass is 10.1. The molecular formula is C17H15F3N2O. The van der Waals surface area contributed by atoms with Gasteiger partial charge in [-0.3, -0.25) is 9.78 Å². The minimum Gasteiger partial charge on any atom is -0.330 e. The molecule has 3 nitrogen and oxygen atoms in total. The van der Waals surface area contributed by atoms with Crippen molar-refractivity contribution in [3.63, 3.8) is 0 Å². The summed E-state index contributed by atoms with van der Waals surface area (Å²) in [4.78, 5) is 18.1. The minimum absolute atomic E-state index is 0.00852. The first-order valence-electron chi connectivity index (χ1n) is 7.34. The Morgan fingerprint density at radius 3 is 2.43 bits per heavy atom. The highest BCUT2D eigenvalue weighted by molar-refractivity contribution is 5.92. The third-order valence-electron chi connectivity index (χ3n) is 3.80. The van der Waals surface area contributed by atoms with Gasteiger partial charge in [-0.05, 0) is 36.6 Å².